The molecule has 13 heteroatoms. The maximum atomic E-state index is 13.7. The monoisotopic (exact) mass is 609 g/mol. The molecule has 214 valence electrons. The van der Waals surface area contributed by atoms with Crippen LogP contribution in [0.2, 0.25) is 10.0 Å². The van der Waals surface area contributed by atoms with Crippen LogP contribution in [0, 0.1) is 11.8 Å². The molecule has 4 N–H and O–H groups in total. The number of aliphatic carboxylic acids is 1. The fourth-order valence-corrected chi connectivity index (χ4v) is 5.63. The lowest BCUT2D eigenvalue weighted by atomic mass is 9.75. The first kappa shape index (κ1) is 28.9. The van der Waals surface area contributed by atoms with Crippen LogP contribution in [0.1, 0.15) is 39.3 Å². The summed E-state index contributed by atoms with van der Waals surface area (Å²) in [5.74, 6) is -8.59. The van der Waals surface area contributed by atoms with Gasteiger partial charge < -0.3 is 20.5 Å². The van der Waals surface area contributed by atoms with Gasteiger partial charge in [-0.2, -0.15) is 0 Å². The van der Waals surface area contributed by atoms with Crippen molar-refractivity contribution in [3.05, 3.63) is 93.5 Å². The molecule has 3 unspecified atom stereocenters. The van der Waals surface area contributed by atoms with Gasteiger partial charge in [0.1, 0.15) is 5.92 Å². The number of amides is 4. The predicted octanol–water partition coefficient (Wildman–Crippen LogP) is 4.51. The first-order valence-electron chi connectivity index (χ1n) is 12.5. The van der Waals surface area contributed by atoms with Crippen molar-refractivity contribution >= 4 is 70.0 Å². The Morgan fingerprint density at radius 2 is 1.40 bits per heavy atom. The lowest BCUT2D eigenvalue weighted by Crippen LogP contribution is -2.53. The highest BCUT2D eigenvalue weighted by Crippen LogP contribution is 2.54. The van der Waals surface area contributed by atoms with E-state index in [4.69, 9.17) is 27.9 Å². The van der Waals surface area contributed by atoms with E-state index in [1.165, 1.54) is 73.7 Å². The fraction of sp³-hybridized carbons (Fsp3) is 0.172. The Hall–Kier alpha value is -4.58. The van der Waals surface area contributed by atoms with Crippen molar-refractivity contribution in [1.29, 1.82) is 0 Å². The SMILES string of the molecule is CC(=O)Nc1ccc(NC(=O)NC(=O)C2C(c3ccc(Cl)c(Cl)c3)OC3(C(=O)c4ccccc4C3=O)C2C(=O)O)cc1. The lowest BCUT2D eigenvalue weighted by molar-refractivity contribution is -0.148. The summed E-state index contributed by atoms with van der Waals surface area (Å²) in [6.07, 6.45) is -1.48. The summed E-state index contributed by atoms with van der Waals surface area (Å²) in [6.45, 7) is 1.34. The van der Waals surface area contributed by atoms with Crippen molar-refractivity contribution in [2.45, 2.75) is 18.6 Å². The zero-order chi connectivity index (χ0) is 30.3. The van der Waals surface area contributed by atoms with Gasteiger partial charge >= 0.3 is 12.0 Å². The van der Waals surface area contributed by atoms with Crippen molar-refractivity contribution in [3.8, 4) is 0 Å². The quantitative estimate of drug-likeness (QED) is 0.306. The molecule has 5 rings (SSSR count). The Kier molecular flexibility index (Phi) is 7.58. The summed E-state index contributed by atoms with van der Waals surface area (Å²) in [4.78, 5) is 77.8. The maximum Gasteiger partial charge on any atom is 0.325 e. The van der Waals surface area contributed by atoms with Crippen LogP contribution in [0.3, 0.4) is 0 Å². The van der Waals surface area contributed by atoms with Gasteiger partial charge in [-0.3, -0.25) is 29.3 Å². The number of hydrogen-bond acceptors (Lipinski definition) is 7. The van der Waals surface area contributed by atoms with E-state index in [1.54, 1.807) is 0 Å². The fourth-order valence-electron chi connectivity index (χ4n) is 5.33. The van der Waals surface area contributed by atoms with Crippen LogP contribution in [0.15, 0.2) is 66.7 Å². The van der Waals surface area contributed by atoms with Gasteiger partial charge in [-0.05, 0) is 42.0 Å². The number of urea groups is 1. The van der Waals surface area contributed by atoms with E-state index >= 15 is 0 Å². The first-order valence-corrected chi connectivity index (χ1v) is 13.2. The highest BCUT2D eigenvalue weighted by molar-refractivity contribution is 6.42. The molecule has 2 aliphatic rings. The average Bonchev–Trinajstić information content (AvgIpc) is 3.41. The van der Waals surface area contributed by atoms with Crippen molar-refractivity contribution in [1.82, 2.24) is 5.32 Å². The summed E-state index contributed by atoms with van der Waals surface area (Å²) >= 11 is 12.2. The van der Waals surface area contributed by atoms with Crippen molar-refractivity contribution in [3.63, 3.8) is 0 Å². The number of carboxylic acids is 1. The Labute approximate surface area is 248 Å². The van der Waals surface area contributed by atoms with Gasteiger partial charge in [0, 0.05) is 29.4 Å². The predicted molar refractivity (Wildman–Crippen MR) is 151 cm³/mol. The molecule has 4 amide bonds. The first-order chi connectivity index (χ1) is 19.9. The lowest BCUT2D eigenvalue weighted by Gasteiger charge is -2.25. The second kappa shape index (κ2) is 11.0. The zero-order valence-corrected chi connectivity index (χ0v) is 23.2. The Bertz CT molecular complexity index is 1640. The third-order valence-electron chi connectivity index (χ3n) is 7.07. The third kappa shape index (κ3) is 4.91. The molecule has 1 aliphatic heterocycles. The molecule has 42 heavy (non-hydrogen) atoms. The van der Waals surface area contributed by atoms with Crippen LogP contribution >= 0.6 is 23.2 Å². The normalized spacial score (nSPS) is 20.2. The number of hydrogen-bond donors (Lipinski definition) is 4. The van der Waals surface area contributed by atoms with Crippen LogP contribution in [0.25, 0.3) is 0 Å². The van der Waals surface area contributed by atoms with Gasteiger partial charge in [-0.1, -0.05) is 53.5 Å². The molecule has 0 aromatic heterocycles. The topological polar surface area (TPSA) is 168 Å². The number of ketones is 2. The minimum atomic E-state index is -2.57. The molecule has 1 heterocycles. The van der Waals surface area contributed by atoms with Crippen molar-refractivity contribution in [2.75, 3.05) is 10.6 Å². The van der Waals surface area contributed by atoms with Gasteiger partial charge in [-0.15, -0.1) is 0 Å². The largest absolute Gasteiger partial charge is 0.481 e. The molecular weight excluding hydrogens is 589 g/mol. The molecule has 0 bridgehead atoms. The number of ether oxygens (including phenoxy) is 1. The minimum Gasteiger partial charge on any atom is -0.481 e. The number of anilines is 2. The van der Waals surface area contributed by atoms with Crippen LogP contribution in [0.4, 0.5) is 16.2 Å². The number of Topliss-reactive ketones (excluding diaryl/α,β-unsaturated/α-hetero) is 2. The second-order valence-corrected chi connectivity index (χ2v) is 10.5. The number of nitrogens with one attached hydrogen (secondary N) is 3. The number of halogens is 2. The van der Waals surface area contributed by atoms with Crippen LogP contribution in [-0.2, 0) is 19.1 Å². The number of carboxylic acid groups (broad SMARTS) is 1. The molecule has 1 saturated heterocycles. The van der Waals surface area contributed by atoms with Crippen LogP contribution < -0.4 is 16.0 Å². The molecule has 3 aromatic carbocycles. The zero-order valence-electron chi connectivity index (χ0n) is 21.6. The Morgan fingerprint density at radius 1 is 0.833 bits per heavy atom. The number of rotatable bonds is 5. The summed E-state index contributed by atoms with van der Waals surface area (Å²) in [6, 6.07) is 14.9. The number of benzene rings is 3. The van der Waals surface area contributed by atoms with Crippen LogP contribution in [-0.4, -0.2) is 46.1 Å². The van der Waals surface area contributed by atoms with Gasteiger partial charge in [0.05, 0.1) is 22.1 Å². The van der Waals surface area contributed by atoms with Gasteiger partial charge in [-0.25, -0.2) is 4.79 Å². The molecule has 11 nitrogen and oxygen atoms in total. The smallest absolute Gasteiger partial charge is 0.325 e. The van der Waals surface area contributed by atoms with Gasteiger partial charge in [0.25, 0.3) is 0 Å². The van der Waals surface area contributed by atoms with E-state index in [9.17, 15) is 33.9 Å². The number of imide groups is 1. The van der Waals surface area contributed by atoms with Crippen molar-refractivity contribution < 1.29 is 38.6 Å². The number of carbonyl (C=O) groups is 6. The molecular formula is C29H21Cl2N3O8. The van der Waals surface area contributed by atoms with Gasteiger partial charge in [0.15, 0.2) is 0 Å². The van der Waals surface area contributed by atoms with Crippen molar-refractivity contribution in [2.24, 2.45) is 11.8 Å². The molecule has 0 radical (unpaired) electrons. The Balaban J connectivity index is 1.50. The summed E-state index contributed by atoms with van der Waals surface area (Å²) in [5.41, 5.74) is -1.76. The Morgan fingerprint density at radius 3 is 1.93 bits per heavy atom. The van der Waals surface area contributed by atoms with Gasteiger partial charge in [0.2, 0.25) is 29.0 Å². The van der Waals surface area contributed by atoms with E-state index in [0.717, 1.165) is 0 Å². The third-order valence-corrected chi connectivity index (χ3v) is 7.81. The molecule has 0 saturated carbocycles. The minimum absolute atomic E-state index is 0.0388. The standard InChI is InChI=1S/C29H21Cl2N3O8/c1-13(35)32-15-7-9-16(10-8-15)33-28(41)34-26(38)21-22(27(39)40)29(24(36)17-4-2-3-5-18(17)25(29)37)42-23(21)14-6-11-19(30)20(31)12-14/h2-12,21-23H,1H3,(H,32,35)(H,39,40)(H2,33,34,38,41). The van der Waals surface area contributed by atoms with E-state index in [2.05, 4.69) is 16.0 Å². The average molecular weight is 610 g/mol. The van der Waals surface area contributed by atoms with E-state index in [0.29, 0.717) is 5.69 Å². The summed E-state index contributed by atoms with van der Waals surface area (Å²) < 4.78 is 6.04. The summed E-state index contributed by atoms with van der Waals surface area (Å²) in [7, 11) is 0. The second-order valence-electron chi connectivity index (χ2n) is 9.70. The summed E-state index contributed by atoms with van der Waals surface area (Å²) in [5, 5.41) is 17.7. The highest BCUT2D eigenvalue weighted by atomic mass is 35.5. The number of carbonyl (C=O) groups excluding carboxylic acids is 5. The molecule has 1 spiro atoms. The maximum absolute atomic E-state index is 13.7. The highest BCUT2D eigenvalue weighted by Gasteiger charge is 2.71. The molecule has 1 fully saturated rings. The van der Waals surface area contributed by atoms with E-state index in [-0.39, 0.29) is 38.3 Å². The molecule has 3 aromatic rings. The molecule has 1 aliphatic carbocycles. The van der Waals surface area contributed by atoms with E-state index in [1.807, 2.05) is 0 Å². The van der Waals surface area contributed by atoms with E-state index < -0.39 is 53.0 Å². The molecule has 3 atom stereocenters. The van der Waals surface area contributed by atoms with Crippen LogP contribution in [0.5, 0.6) is 0 Å². The number of fused-ring (bicyclic) bond motifs is 1.